The topological polar surface area (TPSA) is 55.1 Å². The lowest BCUT2D eigenvalue weighted by atomic mass is 10.1. The summed E-state index contributed by atoms with van der Waals surface area (Å²) >= 11 is 1.19. The van der Waals surface area contributed by atoms with Crippen LogP contribution in [0.15, 0.2) is 6.07 Å². The van der Waals surface area contributed by atoms with Gasteiger partial charge in [-0.1, -0.05) is 13.8 Å². The summed E-state index contributed by atoms with van der Waals surface area (Å²) < 4.78 is 35.9. The van der Waals surface area contributed by atoms with E-state index in [1.807, 2.05) is 0 Å². The first-order chi connectivity index (χ1) is 8.70. The van der Waals surface area contributed by atoms with E-state index in [9.17, 15) is 18.0 Å². The number of nitrogens with one attached hydrogen (secondary N) is 1. The molecule has 108 valence electrons. The van der Waals surface area contributed by atoms with Crippen molar-refractivity contribution in [1.82, 2.24) is 0 Å². The minimum atomic E-state index is -4.13. The van der Waals surface area contributed by atoms with Gasteiger partial charge in [-0.15, -0.1) is 11.3 Å². The highest BCUT2D eigenvalue weighted by atomic mass is 32.1. The van der Waals surface area contributed by atoms with Gasteiger partial charge < -0.3 is 11.1 Å². The molecule has 19 heavy (non-hydrogen) atoms. The number of alkyl halides is 3. The zero-order valence-corrected chi connectivity index (χ0v) is 11.6. The zero-order valence-electron chi connectivity index (χ0n) is 10.8. The Morgan fingerprint density at radius 2 is 2.11 bits per heavy atom. The minimum Gasteiger partial charge on any atom is -0.397 e. The maximum atomic E-state index is 12.0. The normalized spacial score (nSPS) is 11.9. The molecule has 1 aromatic rings. The Morgan fingerprint density at radius 1 is 1.47 bits per heavy atom. The Bertz CT molecular complexity index is 441. The van der Waals surface area contributed by atoms with Crippen molar-refractivity contribution in [3.63, 3.8) is 0 Å². The molecule has 0 unspecified atom stereocenters. The van der Waals surface area contributed by atoms with Gasteiger partial charge >= 0.3 is 6.18 Å². The summed E-state index contributed by atoms with van der Waals surface area (Å²) in [5.74, 6) is -0.204. The van der Waals surface area contributed by atoms with E-state index < -0.39 is 12.6 Å². The largest absolute Gasteiger partial charge is 0.397 e. The van der Waals surface area contributed by atoms with Gasteiger partial charge in [0.05, 0.1) is 15.6 Å². The molecule has 0 aliphatic carbocycles. The number of rotatable bonds is 6. The Morgan fingerprint density at radius 3 is 2.63 bits per heavy atom. The van der Waals surface area contributed by atoms with Gasteiger partial charge in [0.15, 0.2) is 5.78 Å². The van der Waals surface area contributed by atoms with Crippen LogP contribution >= 0.6 is 11.3 Å². The molecule has 0 radical (unpaired) electrons. The van der Waals surface area contributed by atoms with Crippen molar-refractivity contribution in [3.8, 4) is 0 Å². The van der Waals surface area contributed by atoms with Crippen LogP contribution < -0.4 is 11.1 Å². The van der Waals surface area contributed by atoms with Crippen molar-refractivity contribution in [1.29, 1.82) is 0 Å². The van der Waals surface area contributed by atoms with E-state index >= 15 is 0 Å². The second kappa shape index (κ2) is 6.27. The molecule has 0 spiro atoms. The quantitative estimate of drug-likeness (QED) is 0.617. The van der Waals surface area contributed by atoms with Crippen LogP contribution in [0.1, 0.15) is 36.4 Å². The van der Waals surface area contributed by atoms with Gasteiger partial charge in [-0.2, -0.15) is 13.2 Å². The zero-order chi connectivity index (χ0) is 14.6. The molecule has 7 heteroatoms. The summed E-state index contributed by atoms with van der Waals surface area (Å²) in [7, 11) is 0. The number of halogens is 3. The molecule has 1 aromatic heterocycles. The first-order valence-electron chi connectivity index (χ1n) is 5.95. The summed E-state index contributed by atoms with van der Waals surface area (Å²) in [4.78, 5) is 12.3. The fourth-order valence-corrected chi connectivity index (χ4v) is 2.54. The van der Waals surface area contributed by atoms with Gasteiger partial charge in [-0.05, 0) is 12.5 Å². The van der Waals surface area contributed by atoms with Crippen LogP contribution in [0.3, 0.4) is 0 Å². The number of hydrogen-bond donors (Lipinski definition) is 2. The van der Waals surface area contributed by atoms with Gasteiger partial charge in [0, 0.05) is 18.9 Å². The first kappa shape index (κ1) is 15.8. The highest BCUT2D eigenvalue weighted by Gasteiger charge is 2.26. The maximum absolute atomic E-state index is 12.0. The molecule has 0 amide bonds. The van der Waals surface area contributed by atoms with Gasteiger partial charge in [-0.3, -0.25) is 4.79 Å². The van der Waals surface area contributed by atoms with Crippen molar-refractivity contribution in [2.75, 3.05) is 17.6 Å². The molecule has 0 atom stereocenters. The lowest BCUT2D eigenvalue weighted by molar-refractivity contribution is -0.134. The van der Waals surface area contributed by atoms with Gasteiger partial charge in [0.1, 0.15) is 0 Å². The molecule has 0 fully saturated rings. The van der Waals surface area contributed by atoms with Crippen molar-refractivity contribution in [3.05, 3.63) is 10.9 Å². The average Bonchev–Trinajstić information content (AvgIpc) is 2.63. The molecule has 3 nitrogen and oxygen atoms in total. The number of carbonyl (C=O) groups is 1. The number of anilines is 2. The molecule has 1 heterocycles. The predicted octanol–water partition coefficient (Wildman–Crippen LogP) is 3.92. The fraction of sp³-hybridized carbons (Fsp3) is 0.583. The predicted molar refractivity (Wildman–Crippen MR) is 71.7 cm³/mol. The third-order valence-corrected chi connectivity index (χ3v) is 3.57. The highest BCUT2D eigenvalue weighted by Crippen LogP contribution is 2.31. The van der Waals surface area contributed by atoms with E-state index in [0.29, 0.717) is 15.6 Å². The first-order valence-corrected chi connectivity index (χ1v) is 6.76. The molecule has 1 rings (SSSR count). The lowest BCUT2D eigenvalue weighted by Gasteiger charge is -2.06. The molecule has 0 bridgehead atoms. The molecule has 0 aromatic carbocycles. The maximum Gasteiger partial charge on any atom is 0.389 e. The van der Waals surface area contributed by atoms with Crippen LogP contribution in [0.4, 0.5) is 23.9 Å². The molecule has 0 saturated heterocycles. The van der Waals surface area contributed by atoms with E-state index in [4.69, 9.17) is 5.73 Å². The average molecular weight is 294 g/mol. The Balaban J connectivity index is 2.53. The molecular weight excluding hydrogens is 277 g/mol. The molecule has 0 saturated carbocycles. The van der Waals surface area contributed by atoms with Gasteiger partial charge in [-0.25, -0.2) is 0 Å². The van der Waals surface area contributed by atoms with E-state index in [2.05, 4.69) is 5.32 Å². The van der Waals surface area contributed by atoms with E-state index in [0.717, 1.165) is 0 Å². The number of nitrogen functional groups attached to an aromatic ring is 1. The molecule has 0 aliphatic heterocycles. The number of hydrogen-bond acceptors (Lipinski definition) is 4. The second-order valence-electron chi connectivity index (χ2n) is 4.56. The number of carbonyl (C=O) groups excluding carboxylic acids is 1. The van der Waals surface area contributed by atoms with E-state index in [1.165, 1.54) is 11.3 Å². The smallest absolute Gasteiger partial charge is 0.389 e. The number of thiophene rings is 1. The van der Waals surface area contributed by atoms with Crippen molar-refractivity contribution >= 4 is 27.8 Å². The van der Waals surface area contributed by atoms with Crippen molar-refractivity contribution in [2.24, 2.45) is 5.92 Å². The Hall–Kier alpha value is -1.24. The SMILES string of the molecule is CC(C)C(=O)c1sc(NCCCC(F)(F)F)cc1N. The number of ketones is 1. The Kier molecular flexibility index (Phi) is 5.22. The number of Topliss-reactive ketones (excluding diaryl/α,β-unsaturated/α-hetero) is 1. The summed E-state index contributed by atoms with van der Waals surface area (Å²) in [6.45, 7) is 3.75. The van der Waals surface area contributed by atoms with E-state index in [-0.39, 0.29) is 24.7 Å². The summed E-state index contributed by atoms with van der Waals surface area (Å²) in [5, 5.41) is 3.49. The van der Waals surface area contributed by atoms with Gasteiger partial charge in [0.25, 0.3) is 0 Å². The highest BCUT2D eigenvalue weighted by molar-refractivity contribution is 7.18. The summed E-state index contributed by atoms with van der Waals surface area (Å²) in [6.07, 6.45) is -4.96. The monoisotopic (exact) mass is 294 g/mol. The second-order valence-corrected chi connectivity index (χ2v) is 5.61. The van der Waals surface area contributed by atoms with Crippen molar-refractivity contribution < 1.29 is 18.0 Å². The third kappa shape index (κ3) is 5.10. The standard InChI is InChI=1S/C12H17F3N2OS/c1-7(2)10(18)11-8(16)6-9(19-11)17-5-3-4-12(13,14)15/h6-7,17H,3-5,16H2,1-2H3. The van der Waals surface area contributed by atoms with E-state index in [1.54, 1.807) is 19.9 Å². The summed E-state index contributed by atoms with van der Waals surface area (Å²) in [5.41, 5.74) is 6.10. The lowest BCUT2D eigenvalue weighted by Crippen LogP contribution is -2.10. The van der Waals surface area contributed by atoms with Crippen molar-refractivity contribution in [2.45, 2.75) is 32.9 Å². The van der Waals surface area contributed by atoms with Crippen LogP contribution in [0.5, 0.6) is 0 Å². The summed E-state index contributed by atoms with van der Waals surface area (Å²) in [6, 6.07) is 1.59. The fourth-order valence-electron chi connectivity index (χ4n) is 1.45. The molecule has 3 N–H and O–H groups in total. The third-order valence-electron chi connectivity index (χ3n) is 2.45. The molecular formula is C12H17F3N2OS. The van der Waals surface area contributed by atoms with Crippen LogP contribution in [0.2, 0.25) is 0 Å². The van der Waals surface area contributed by atoms with Crippen LogP contribution in [-0.4, -0.2) is 18.5 Å². The number of nitrogens with two attached hydrogens (primary N) is 1. The Labute approximate surface area is 114 Å². The van der Waals surface area contributed by atoms with Crippen LogP contribution in [0.25, 0.3) is 0 Å². The van der Waals surface area contributed by atoms with Crippen LogP contribution in [0, 0.1) is 5.92 Å². The van der Waals surface area contributed by atoms with Gasteiger partial charge in [0.2, 0.25) is 0 Å². The van der Waals surface area contributed by atoms with Crippen LogP contribution in [-0.2, 0) is 0 Å². The minimum absolute atomic E-state index is 0.00519. The molecule has 0 aliphatic rings.